The Bertz CT molecular complexity index is 2120. The SMILES string of the molecule is CCC1=C(C)C(C(=O)OCc2ccccc2)=N/C1=C\c1[n-]c(C)c(CC)c1C.CCC1=C(C)C(C(=O)OCc2ccccc2)=N/C1=C\c1[n-]c(C)c(CC)c1C.[Zn+2]. The predicted octanol–water partition coefficient (Wildman–Crippen LogP) is 10.2. The van der Waals surface area contributed by atoms with Crippen molar-refractivity contribution < 1.29 is 38.5 Å². The summed E-state index contributed by atoms with van der Waals surface area (Å²) < 4.78 is 11.0. The van der Waals surface area contributed by atoms with Crippen LogP contribution in [0.4, 0.5) is 0 Å². The molecule has 292 valence electrons. The molecule has 0 saturated heterocycles. The molecule has 2 aromatic carbocycles. The van der Waals surface area contributed by atoms with Crippen molar-refractivity contribution in [2.45, 2.75) is 108 Å². The molecule has 4 heterocycles. The molecule has 0 N–H and O–H groups in total. The van der Waals surface area contributed by atoms with Crippen LogP contribution in [0.25, 0.3) is 12.2 Å². The molecule has 4 aromatic rings. The van der Waals surface area contributed by atoms with Gasteiger partial charge in [-0.1, -0.05) is 137 Å². The van der Waals surface area contributed by atoms with Crippen LogP contribution in [0.15, 0.2) is 104 Å². The standard InChI is InChI=1S/2C24H28N2O2.Zn/c2*1-6-19-15(3)21(25-17(19)5)13-22-20(7-2)16(4)23(26-22)24(27)28-14-18-11-9-8-10-12-18;/h2*8-13H,6-7,14H2,1-5H3,(H,25,26,27);/q;;+2/p-2. The van der Waals surface area contributed by atoms with E-state index < -0.39 is 0 Å². The average Bonchev–Trinajstić information content (AvgIpc) is 3.88. The first-order chi connectivity index (χ1) is 26.9. The second-order valence-electron chi connectivity index (χ2n) is 14.1. The van der Waals surface area contributed by atoms with Crippen LogP contribution in [-0.4, -0.2) is 23.4 Å². The molecule has 2 aliphatic heterocycles. The summed E-state index contributed by atoms with van der Waals surface area (Å²) in [6.45, 7) is 21.1. The number of nitrogens with zero attached hydrogens (tertiary/aromatic N) is 4. The summed E-state index contributed by atoms with van der Waals surface area (Å²) in [5.41, 5.74) is 17.2. The Morgan fingerprint density at radius 1 is 0.561 bits per heavy atom. The van der Waals surface area contributed by atoms with E-state index in [1.807, 2.05) is 101 Å². The van der Waals surface area contributed by atoms with Crippen molar-refractivity contribution in [3.63, 3.8) is 0 Å². The fraction of sp³-hybridized carbons (Fsp3) is 0.333. The van der Waals surface area contributed by atoms with Gasteiger partial charge in [0.15, 0.2) is 11.4 Å². The number of allylic oxidation sites excluding steroid dienone is 2. The molecule has 0 atom stereocenters. The van der Waals surface area contributed by atoms with E-state index in [-0.39, 0.29) is 44.6 Å². The van der Waals surface area contributed by atoms with E-state index in [1.54, 1.807) is 0 Å². The molecular weight excluding hydrogens is 762 g/mol. The molecule has 0 fully saturated rings. The quantitative estimate of drug-likeness (QED) is 0.104. The smallest absolute Gasteiger partial charge is 0.661 e. The Labute approximate surface area is 351 Å². The van der Waals surface area contributed by atoms with Gasteiger partial charge in [0.05, 0.1) is 11.4 Å². The Kier molecular flexibility index (Phi) is 15.9. The minimum atomic E-state index is -0.381. The molecule has 2 aromatic heterocycles. The van der Waals surface area contributed by atoms with Crippen LogP contribution < -0.4 is 9.97 Å². The third-order valence-corrected chi connectivity index (χ3v) is 10.6. The van der Waals surface area contributed by atoms with Gasteiger partial charge >= 0.3 is 31.4 Å². The summed E-state index contributed by atoms with van der Waals surface area (Å²) in [7, 11) is 0. The number of esters is 2. The van der Waals surface area contributed by atoms with Gasteiger partial charge in [-0.25, -0.2) is 19.6 Å². The van der Waals surface area contributed by atoms with Crippen molar-refractivity contribution in [3.05, 3.63) is 151 Å². The van der Waals surface area contributed by atoms with Crippen molar-refractivity contribution in [2.75, 3.05) is 0 Å². The van der Waals surface area contributed by atoms with E-state index in [0.29, 0.717) is 11.4 Å². The number of aryl methyl sites for hydroxylation is 2. The molecule has 0 spiro atoms. The minimum absolute atomic E-state index is 0. The Hall–Kier alpha value is -5.14. The summed E-state index contributed by atoms with van der Waals surface area (Å²) >= 11 is 0. The van der Waals surface area contributed by atoms with Crippen LogP contribution in [0.2, 0.25) is 0 Å². The van der Waals surface area contributed by atoms with Gasteiger partial charge in [-0.2, -0.15) is 11.4 Å². The van der Waals surface area contributed by atoms with Gasteiger partial charge in [0.2, 0.25) is 0 Å². The number of rotatable bonds is 12. The maximum atomic E-state index is 12.6. The van der Waals surface area contributed by atoms with Crippen LogP contribution in [0.5, 0.6) is 0 Å². The number of carbonyl (C=O) groups excluding carboxylic acids is 2. The summed E-state index contributed by atoms with van der Waals surface area (Å²) in [5, 5.41) is 0. The number of carbonyl (C=O) groups is 2. The van der Waals surface area contributed by atoms with Gasteiger partial charge < -0.3 is 19.4 Å². The zero-order valence-electron chi connectivity index (χ0n) is 35.3. The van der Waals surface area contributed by atoms with E-state index in [2.05, 4.69) is 51.5 Å². The Morgan fingerprint density at radius 3 is 1.21 bits per heavy atom. The number of hydrogen-bond donors (Lipinski definition) is 0. The van der Waals surface area contributed by atoms with Gasteiger partial charge in [-0.05, 0) is 86.8 Å². The molecule has 2 aliphatic rings. The second-order valence-corrected chi connectivity index (χ2v) is 14.1. The average molecular weight is 816 g/mol. The molecule has 8 nitrogen and oxygen atoms in total. The molecule has 0 saturated carbocycles. The van der Waals surface area contributed by atoms with Crippen molar-refractivity contribution in [1.82, 2.24) is 9.97 Å². The first-order valence-electron chi connectivity index (χ1n) is 19.6. The molecule has 0 radical (unpaired) electrons. The summed E-state index contributed by atoms with van der Waals surface area (Å²) in [6, 6.07) is 19.3. The first-order valence-corrected chi connectivity index (χ1v) is 19.6. The van der Waals surface area contributed by atoms with E-state index in [0.717, 1.165) is 93.3 Å². The van der Waals surface area contributed by atoms with Crippen molar-refractivity contribution in [1.29, 1.82) is 0 Å². The number of benzene rings is 2. The zero-order valence-corrected chi connectivity index (χ0v) is 38.3. The summed E-state index contributed by atoms with van der Waals surface area (Å²) in [4.78, 5) is 43.9. The van der Waals surface area contributed by atoms with Crippen LogP contribution in [0, 0.1) is 27.7 Å². The second kappa shape index (κ2) is 20.3. The van der Waals surface area contributed by atoms with E-state index in [4.69, 9.17) is 19.4 Å². The van der Waals surface area contributed by atoms with E-state index >= 15 is 0 Å². The van der Waals surface area contributed by atoms with Crippen molar-refractivity contribution in [3.8, 4) is 0 Å². The molecular formula is C48H54N4O4Zn. The fourth-order valence-electron chi connectivity index (χ4n) is 7.42. The largest absolute Gasteiger partial charge is 2.00 e. The predicted molar refractivity (Wildman–Crippen MR) is 227 cm³/mol. The van der Waals surface area contributed by atoms with Crippen LogP contribution in [-0.2, 0) is 64.6 Å². The maximum Gasteiger partial charge on any atom is 2.00 e. The number of hydrogen-bond acceptors (Lipinski definition) is 6. The molecule has 0 bridgehead atoms. The van der Waals surface area contributed by atoms with Crippen molar-refractivity contribution >= 4 is 35.5 Å². The van der Waals surface area contributed by atoms with E-state index in [9.17, 15) is 9.59 Å². The van der Waals surface area contributed by atoms with E-state index in [1.165, 1.54) is 22.3 Å². The number of aromatic nitrogens is 2. The third kappa shape index (κ3) is 10.2. The number of ether oxygens (including phenoxy) is 2. The maximum absolute atomic E-state index is 12.6. The minimum Gasteiger partial charge on any atom is -0.661 e. The van der Waals surface area contributed by atoms with Crippen molar-refractivity contribution in [2.24, 2.45) is 9.98 Å². The summed E-state index contributed by atoms with van der Waals surface area (Å²) in [5.74, 6) is -0.762. The molecule has 6 rings (SSSR count). The molecule has 0 amide bonds. The van der Waals surface area contributed by atoms with Gasteiger partial charge in [0.25, 0.3) is 0 Å². The van der Waals surface area contributed by atoms with Gasteiger partial charge in [0.1, 0.15) is 13.2 Å². The third-order valence-electron chi connectivity index (χ3n) is 10.6. The van der Waals surface area contributed by atoms with Gasteiger partial charge in [-0.3, -0.25) is 0 Å². The molecule has 0 aliphatic carbocycles. The fourth-order valence-corrected chi connectivity index (χ4v) is 7.42. The normalized spacial score (nSPS) is 15.1. The first kappa shape index (κ1) is 44.6. The topological polar surface area (TPSA) is 106 Å². The summed E-state index contributed by atoms with van der Waals surface area (Å²) in [6.07, 6.45) is 7.53. The Balaban J connectivity index is 0.000000248. The van der Waals surface area contributed by atoms with Gasteiger partial charge in [0, 0.05) is 0 Å². The molecule has 0 unspecified atom stereocenters. The molecule has 9 heteroatoms. The molecule has 57 heavy (non-hydrogen) atoms. The van der Waals surface area contributed by atoms with Crippen LogP contribution >= 0.6 is 0 Å². The van der Waals surface area contributed by atoms with Crippen LogP contribution in [0.3, 0.4) is 0 Å². The zero-order chi connectivity index (χ0) is 40.5. The number of aliphatic imine (C=N–C) groups is 2. The monoisotopic (exact) mass is 814 g/mol. The van der Waals surface area contributed by atoms with Gasteiger partial charge in [-0.15, -0.1) is 11.4 Å². The Morgan fingerprint density at radius 2 is 0.912 bits per heavy atom. The van der Waals surface area contributed by atoms with Crippen LogP contribution in [0.1, 0.15) is 111 Å².